The van der Waals surface area contributed by atoms with E-state index in [0.29, 0.717) is 12.4 Å². The zero-order valence-electron chi connectivity index (χ0n) is 10.0. The quantitative estimate of drug-likeness (QED) is 0.895. The number of aromatic nitrogens is 2. The highest BCUT2D eigenvalue weighted by atomic mass is 16.5. The Morgan fingerprint density at radius 3 is 3.22 bits per heavy atom. The summed E-state index contributed by atoms with van der Waals surface area (Å²) in [5, 5.41) is 3.72. The summed E-state index contributed by atoms with van der Waals surface area (Å²) in [6, 6.07) is 6.16. The molecule has 5 nitrogen and oxygen atoms in total. The van der Waals surface area contributed by atoms with Crippen LogP contribution in [0.5, 0.6) is 5.75 Å². The highest BCUT2D eigenvalue weighted by molar-refractivity contribution is 5.43. The minimum absolute atomic E-state index is 0.127. The Morgan fingerprint density at radius 1 is 1.44 bits per heavy atom. The predicted molar refractivity (Wildman–Crippen MR) is 64.9 cm³/mol. The Bertz CT molecular complexity index is 525. The molecule has 1 aliphatic carbocycles. The third-order valence-corrected chi connectivity index (χ3v) is 3.27. The van der Waals surface area contributed by atoms with Crippen molar-refractivity contribution in [1.82, 2.24) is 10.1 Å². The summed E-state index contributed by atoms with van der Waals surface area (Å²) in [5.41, 5.74) is 8.53. The van der Waals surface area contributed by atoms with Gasteiger partial charge in [-0.3, -0.25) is 0 Å². The Kier molecular flexibility index (Phi) is 2.98. The Hall–Kier alpha value is -1.88. The van der Waals surface area contributed by atoms with E-state index in [1.807, 2.05) is 12.1 Å². The van der Waals surface area contributed by atoms with Crippen molar-refractivity contribution in [1.29, 1.82) is 0 Å². The summed E-state index contributed by atoms with van der Waals surface area (Å²) in [5.74, 6) is 1.43. The van der Waals surface area contributed by atoms with Gasteiger partial charge in [0.2, 0.25) is 12.2 Å². The zero-order chi connectivity index (χ0) is 12.4. The van der Waals surface area contributed by atoms with Crippen molar-refractivity contribution in [2.45, 2.75) is 31.9 Å². The lowest BCUT2D eigenvalue weighted by atomic mass is 9.88. The van der Waals surface area contributed by atoms with Gasteiger partial charge in [0.1, 0.15) is 5.75 Å². The van der Waals surface area contributed by atoms with Crippen molar-refractivity contribution < 1.29 is 9.26 Å². The van der Waals surface area contributed by atoms with E-state index in [0.717, 1.165) is 25.0 Å². The maximum atomic E-state index is 6.11. The first-order chi connectivity index (χ1) is 8.84. The second-order valence-electron chi connectivity index (χ2n) is 4.46. The molecule has 1 aromatic heterocycles. The van der Waals surface area contributed by atoms with Crippen molar-refractivity contribution in [3.63, 3.8) is 0 Å². The molecule has 0 amide bonds. The summed E-state index contributed by atoms with van der Waals surface area (Å²) in [4.78, 5) is 3.93. The number of fused-ring (bicyclic) bond motifs is 1. The molecule has 0 saturated heterocycles. The summed E-state index contributed by atoms with van der Waals surface area (Å²) in [6.07, 6.45) is 4.47. The second-order valence-corrected chi connectivity index (χ2v) is 4.46. The van der Waals surface area contributed by atoms with E-state index < -0.39 is 0 Å². The average molecular weight is 245 g/mol. The maximum Gasteiger partial charge on any atom is 0.213 e. The van der Waals surface area contributed by atoms with Crippen LogP contribution in [0.2, 0.25) is 0 Å². The van der Waals surface area contributed by atoms with Gasteiger partial charge in [0.05, 0.1) is 0 Å². The first-order valence-electron chi connectivity index (χ1n) is 6.10. The fourth-order valence-corrected chi connectivity index (χ4v) is 2.39. The molecule has 18 heavy (non-hydrogen) atoms. The monoisotopic (exact) mass is 245 g/mol. The lowest BCUT2D eigenvalue weighted by Gasteiger charge is -2.24. The van der Waals surface area contributed by atoms with Crippen LogP contribution in [0.15, 0.2) is 29.1 Å². The SMILES string of the molecule is NC1CCCc2c(OCc3ncon3)cccc21. The normalized spacial score (nSPS) is 18.4. The van der Waals surface area contributed by atoms with E-state index in [1.54, 1.807) is 0 Å². The Morgan fingerprint density at radius 2 is 2.39 bits per heavy atom. The number of hydrogen-bond donors (Lipinski definition) is 1. The molecule has 0 saturated carbocycles. The molecule has 1 aliphatic rings. The summed E-state index contributed by atoms with van der Waals surface area (Å²) >= 11 is 0. The lowest BCUT2D eigenvalue weighted by molar-refractivity contribution is 0.282. The van der Waals surface area contributed by atoms with Gasteiger partial charge in [-0.2, -0.15) is 4.98 Å². The van der Waals surface area contributed by atoms with E-state index in [2.05, 4.69) is 20.7 Å². The highest BCUT2D eigenvalue weighted by Crippen LogP contribution is 2.34. The van der Waals surface area contributed by atoms with Gasteiger partial charge in [-0.15, -0.1) is 0 Å². The molecule has 2 N–H and O–H groups in total. The van der Waals surface area contributed by atoms with Crippen molar-refractivity contribution in [3.8, 4) is 5.75 Å². The predicted octanol–water partition coefficient (Wildman–Crippen LogP) is 1.98. The number of nitrogens with zero attached hydrogens (tertiary/aromatic N) is 2. The van der Waals surface area contributed by atoms with Crippen molar-refractivity contribution >= 4 is 0 Å². The molecule has 0 fully saturated rings. The molecular formula is C13H15N3O2. The van der Waals surface area contributed by atoms with Crippen molar-refractivity contribution in [2.75, 3.05) is 0 Å². The van der Waals surface area contributed by atoms with Gasteiger partial charge in [-0.1, -0.05) is 17.3 Å². The smallest absolute Gasteiger partial charge is 0.213 e. The molecule has 0 bridgehead atoms. The van der Waals surface area contributed by atoms with Crippen LogP contribution in [-0.4, -0.2) is 10.1 Å². The second kappa shape index (κ2) is 4.78. The van der Waals surface area contributed by atoms with E-state index in [4.69, 9.17) is 10.5 Å². The average Bonchev–Trinajstić information content (AvgIpc) is 2.90. The van der Waals surface area contributed by atoms with Gasteiger partial charge < -0.3 is 15.0 Å². The van der Waals surface area contributed by atoms with Gasteiger partial charge in [-0.05, 0) is 36.5 Å². The van der Waals surface area contributed by atoms with Gasteiger partial charge in [0.25, 0.3) is 0 Å². The molecule has 2 aromatic rings. The number of hydrogen-bond acceptors (Lipinski definition) is 5. The van der Waals surface area contributed by atoms with Crippen LogP contribution in [0.25, 0.3) is 0 Å². The molecule has 1 atom stereocenters. The maximum absolute atomic E-state index is 6.11. The van der Waals surface area contributed by atoms with Crippen molar-refractivity contribution in [3.05, 3.63) is 41.5 Å². The number of rotatable bonds is 3. The standard InChI is InChI=1S/C13H15N3O2/c14-11-5-1-4-10-9(11)3-2-6-12(10)17-7-13-15-8-18-16-13/h2-3,6,8,11H,1,4-5,7,14H2. The first-order valence-corrected chi connectivity index (χ1v) is 6.10. The molecule has 5 heteroatoms. The molecule has 94 valence electrons. The van der Waals surface area contributed by atoms with Crippen LogP contribution < -0.4 is 10.5 Å². The first kappa shape index (κ1) is 11.2. The van der Waals surface area contributed by atoms with E-state index in [-0.39, 0.29) is 6.04 Å². The van der Waals surface area contributed by atoms with Gasteiger partial charge in [0, 0.05) is 6.04 Å². The molecular weight excluding hydrogens is 230 g/mol. The largest absolute Gasteiger partial charge is 0.485 e. The molecule has 0 radical (unpaired) electrons. The minimum atomic E-state index is 0.127. The highest BCUT2D eigenvalue weighted by Gasteiger charge is 2.19. The van der Waals surface area contributed by atoms with Gasteiger partial charge in [-0.25, -0.2) is 0 Å². The van der Waals surface area contributed by atoms with Gasteiger partial charge >= 0.3 is 0 Å². The van der Waals surface area contributed by atoms with Crippen LogP contribution in [0.1, 0.15) is 35.8 Å². The fourth-order valence-electron chi connectivity index (χ4n) is 2.39. The van der Waals surface area contributed by atoms with Crippen LogP contribution in [0, 0.1) is 0 Å². The lowest BCUT2D eigenvalue weighted by Crippen LogP contribution is -2.18. The molecule has 0 aliphatic heterocycles. The molecule has 0 spiro atoms. The number of ether oxygens (including phenoxy) is 1. The third kappa shape index (κ3) is 2.09. The number of benzene rings is 1. The van der Waals surface area contributed by atoms with E-state index >= 15 is 0 Å². The fraction of sp³-hybridized carbons (Fsp3) is 0.385. The molecule has 1 unspecified atom stereocenters. The third-order valence-electron chi connectivity index (χ3n) is 3.27. The van der Waals surface area contributed by atoms with Crippen LogP contribution in [-0.2, 0) is 13.0 Å². The van der Waals surface area contributed by atoms with Crippen LogP contribution >= 0.6 is 0 Å². The summed E-state index contributed by atoms with van der Waals surface area (Å²) in [6.45, 7) is 0.322. The van der Waals surface area contributed by atoms with Gasteiger partial charge in [0.15, 0.2) is 6.61 Å². The van der Waals surface area contributed by atoms with Crippen molar-refractivity contribution in [2.24, 2.45) is 5.73 Å². The molecule has 1 aromatic carbocycles. The molecule has 3 rings (SSSR count). The minimum Gasteiger partial charge on any atom is -0.485 e. The zero-order valence-corrected chi connectivity index (χ0v) is 10.0. The summed E-state index contributed by atoms with van der Waals surface area (Å²) < 4.78 is 10.4. The topological polar surface area (TPSA) is 74.2 Å². The number of nitrogens with two attached hydrogens (primary N) is 1. The summed E-state index contributed by atoms with van der Waals surface area (Å²) in [7, 11) is 0. The van der Waals surface area contributed by atoms with E-state index in [1.165, 1.54) is 17.5 Å². The van der Waals surface area contributed by atoms with E-state index in [9.17, 15) is 0 Å². The molecule has 1 heterocycles. The van der Waals surface area contributed by atoms with Crippen LogP contribution in [0.3, 0.4) is 0 Å². The Labute approximate surface area is 105 Å². The van der Waals surface area contributed by atoms with Crippen LogP contribution in [0.4, 0.5) is 0 Å². The Balaban J connectivity index is 1.82.